The predicted octanol–water partition coefficient (Wildman–Crippen LogP) is 6.31. The third-order valence-corrected chi connectivity index (χ3v) is 6.32. The molecule has 5 heteroatoms. The van der Waals surface area contributed by atoms with Crippen molar-refractivity contribution in [2.75, 3.05) is 5.32 Å². The van der Waals surface area contributed by atoms with Gasteiger partial charge in [-0.05, 0) is 54.2 Å². The number of hydrogen-bond acceptors (Lipinski definition) is 4. The molecule has 0 saturated carbocycles. The van der Waals surface area contributed by atoms with Crippen molar-refractivity contribution in [3.8, 4) is 5.75 Å². The number of nitro benzene ring substituents is 1. The molecule has 31 heavy (non-hydrogen) atoms. The number of allylic oxidation sites excluding steroid dienone is 2. The maximum absolute atomic E-state index is 11.2. The maximum atomic E-state index is 11.2. The number of benzene rings is 3. The number of rotatable bonds is 5. The highest BCUT2D eigenvalue weighted by atomic mass is 16.6. The van der Waals surface area contributed by atoms with E-state index >= 15 is 0 Å². The third kappa shape index (κ3) is 3.79. The van der Waals surface area contributed by atoms with Gasteiger partial charge in [-0.15, -0.1) is 0 Å². The molecule has 0 unspecified atom stereocenters. The number of anilines is 1. The summed E-state index contributed by atoms with van der Waals surface area (Å²) in [5.41, 5.74) is 5.72. The van der Waals surface area contributed by atoms with Gasteiger partial charge in [-0.1, -0.05) is 54.1 Å². The average molecular weight is 412 g/mol. The van der Waals surface area contributed by atoms with E-state index in [0.29, 0.717) is 12.5 Å². The van der Waals surface area contributed by atoms with Crippen LogP contribution >= 0.6 is 0 Å². The molecule has 0 bridgehead atoms. The number of nitrogens with one attached hydrogen (secondary N) is 1. The van der Waals surface area contributed by atoms with Gasteiger partial charge in [-0.25, -0.2) is 0 Å². The minimum absolute atomic E-state index is 0.146. The van der Waals surface area contributed by atoms with Crippen LogP contribution in [0.15, 0.2) is 78.9 Å². The summed E-state index contributed by atoms with van der Waals surface area (Å²) in [5, 5.41) is 14.8. The lowest BCUT2D eigenvalue weighted by atomic mass is 9.77. The first-order valence-corrected chi connectivity index (χ1v) is 10.6. The lowest BCUT2D eigenvalue weighted by molar-refractivity contribution is -0.384. The van der Waals surface area contributed by atoms with Gasteiger partial charge in [0.05, 0.1) is 11.0 Å². The first kappa shape index (κ1) is 19.4. The van der Waals surface area contributed by atoms with Gasteiger partial charge in [-0.2, -0.15) is 0 Å². The van der Waals surface area contributed by atoms with Crippen LogP contribution in [0.25, 0.3) is 0 Å². The molecular formula is C26H24N2O3. The van der Waals surface area contributed by atoms with Crippen molar-refractivity contribution in [2.45, 2.75) is 31.9 Å². The molecular weight excluding hydrogens is 388 g/mol. The number of hydrogen-bond donors (Lipinski definition) is 1. The van der Waals surface area contributed by atoms with Gasteiger partial charge in [0.1, 0.15) is 12.4 Å². The highest BCUT2D eigenvalue weighted by Gasteiger charge is 2.38. The number of nitro groups is 1. The molecule has 3 atom stereocenters. The molecule has 2 aliphatic rings. The van der Waals surface area contributed by atoms with Gasteiger partial charge in [0, 0.05) is 23.7 Å². The van der Waals surface area contributed by atoms with Gasteiger partial charge >= 0.3 is 0 Å². The minimum atomic E-state index is -0.324. The Morgan fingerprint density at radius 2 is 1.84 bits per heavy atom. The molecule has 156 valence electrons. The highest BCUT2D eigenvalue weighted by Crippen LogP contribution is 2.50. The molecule has 1 N–H and O–H groups in total. The molecule has 0 spiro atoms. The fourth-order valence-corrected chi connectivity index (χ4v) is 4.65. The summed E-state index contributed by atoms with van der Waals surface area (Å²) in [4.78, 5) is 10.9. The molecule has 1 aliphatic carbocycles. The smallest absolute Gasteiger partial charge is 0.269 e. The van der Waals surface area contributed by atoms with E-state index in [1.807, 2.05) is 18.2 Å². The monoisotopic (exact) mass is 412 g/mol. The zero-order valence-electron chi connectivity index (χ0n) is 17.3. The minimum Gasteiger partial charge on any atom is -0.489 e. The number of nitrogens with zero attached hydrogens (tertiary/aromatic N) is 1. The van der Waals surface area contributed by atoms with Crippen LogP contribution < -0.4 is 10.1 Å². The Hall–Kier alpha value is -3.60. The van der Waals surface area contributed by atoms with Crippen LogP contribution in [0.1, 0.15) is 40.6 Å². The topological polar surface area (TPSA) is 64.4 Å². The Morgan fingerprint density at radius 3 is 2.58 bits per heavy atom. The summed E-state index contributed by atoms with van der Waals surface area (Å²) >= 11 is 0. The molecule has 0 aromatic heterocycles. The lowest BCUT2D eigenvalue weighted by Gasteiger charge is -2.37. The van der Waals surface area contributed by atoms with Crippen molar-refractivity contribution >= 4 is 11.4 Å². The number of ether oxygens (including phenoxy) is 1. The van der Waals surface area contributed by atoms with Crippen molar-refractivity contribution in [1.29, 1.82) is 0 Å². The number of fused-ring (bicyclic) bond motifs is 3. The van der Waals surface area contributed by atoms with E-state index < -0.39 is 0 Å². The molecule has 1 aliphatic heterocycles. The Labute approximate surface area is 181 Å². The second-order valence-corrected chi connectivity index (χ2v) is 8.35. The van der Waals surface area contributed by atoms with E-state index in [1.165, 1.54) is 11.1 Å². The summed E-state index contributed by atoms with van der Waals surface area (Å²) in [6.07, 6.45) is 5.34. The van der Waals surface area contributed by atoms with Gasteiger partial charge in [0.15, 0.2) is 0 Å². The molecule has 5 nitrogen and oxygen atoms in total. The van der Waals surface area contributed by atoms with E-state index in [-0.39, 0.29) is 22.6 Å². The van der Waals surface area contributed by atoms with Crippen LogP contribution in [0, 0.1) is 23.0 Å². The van der Waals surface area contributed by atoms with E-state index in [2.05, 4.69) is 60.8 Å². The van der Waals surface area contributed by atoms with Crippen LogP contribution in [-0.4, -0.2) is 4.92 Å². The average Bonchev–Trinajstić information content (AvgIpc) is 3.28. The highest BCUT2D eigenvalue weighted by molar-refractivity contribution is 5.63. The summed E-state index contributed by atoms with van der Waals surface area (Å²) in [5.74, 6) is 1.38. The molecule has 1 heterocycles. The quantitative estimate of drug-likeness (QED) is 0.303. The van der Waals surface area contributed by atoms with E-state index in [1.54, 1.807) is 12.1 Å². The molecule has 3 aromatic carbocycles. The van der Waals surface area contributed by atoms with Gasteiger partial charge in [-0.3, -0.25) is 10.1 Å². The Balaban J connectivity index is 1.34. The Bertz CT molecular complexity index is 1140. The Morgan fingerprint density at radius 1 is 1.06 bits per heavy atom. The van der Waals surface area contributed by atoms with Crippen molar-refractivity contribution in [1.82, 2.24) is 0 Å². The molecule has 5 rings (SSSR count). The summed E-state index contributed by atoms with van der Waals surface area (Å²) in [7, 11) is 0. The Kier molecular flexibility index (Phi) is 4.94. The van der Waals surface area contributed by atoms with Crippen LogP contribution in [0.4, 0.5) is 11.4 Å². The van der Waals surface area contributed by atoms with Gasteiger partial charge in [0.2, 0.25) is 0 Å². The van der Waals surface area contributed by atoms with Crippen LogP contribution in [0.3, 0.4) is 0 Å². The molecule has 0 saturated heterocycles. The summed E-state index contributed by atoms with van der Waals surface area (Å²) in [6.45, 7) is 2.62. The first-order valence-electron chi connectivity index (χ1n) is 10.6. The van der Waals surface area contributed by atoms with E-state index in [9.17, 15) is 10.1 Å². The predicted molar refractivity (Wildman–Crippen MR) is 121 cm³/mol. The maximum Gasteiger partial charge on any atom is 0.269 e. The standard InChI is InChI=1S/C26H24N2O3/c1-17-5-7-18(8-6-17)16-31-21-12-9-19(10-13-21)26-23-4-2-3-22(23)24-15-20(28(29)30)11-14-25(24)27-26/h2-3,5-15,22-23,26-27H,4,16H2,1H3/t22-,23+,26+/m1/s1. The fourth-order valence-electron chi connectivity index (χ4n) is 4.65. The van der Waals surface area contributed by atoms with Crippen molar-refractivity contribution in [3.05, 3.63) is 111 Å². The largest absolute Gasteiger partial charge is 0.489 e. The van der Waals surface area contributed by atoms with Crippen molar-refractivity contribution in [3.63, 3.8) is 0 Å². The molecule has 0 radical (unpaired) electrons. The SMILES string of the molecule is Cc1ccc(COc2ccc([C@@H]3Nc4ccc([N+](=O)[O-])cc4[C@@H]4C=CC[C@@H]43)cc2)cc1. The first-order chi connectivity index (χ1) is 15.1. The van der Waals surface area contributed by atoms with E-state index in [4.69, 9.17) is 4.74 Å². The third-order valence-electron chi connectivity index (χ3n) is 6.32. The second-order valence-electron chi connectivity index (χ2n) is 8.35. The van der Waals surface area contributed by atoms with Crippen LogP contribution in [0.5, 0.6) is 5.75 Å². The number of aryl methyl sites for hydroxylation is 1. The van der Waals surface area contributed by atoms with Crippen LogP contribution in [0.2, 0.25) is 0 Å². The summed E-state index contributed by atoms with van der Waals surface area (Å²) < 4.78 is 5.96. The molecule has 0 amide bonds. The normalized spacial score (nSPS) is 21.1. The molecule has 3 aromatic rings. The zero-order valence-corrected chi connectivity index (χ0v) is 17.3. The van der Waals surface area contributed by atoms with Crippen molar-refractivity contribution in [2.24, 2.45) is 5.92 Å². The van der Waals surface area contributed by atoms with Crippen LogP contribution in [-0.2, 0) is 6.61 Å². The zero-order chi connectivity index (χ0) is 21.4. The lowest BCUT2D eigenvalue weighted by Crippen LogP contribution is -2.29. The number of non-ortho nitro benzene ring substituents is 1. The second kappa shape index (κ2) is 7.91. The fraction of sp³-hybridized carbons (Fsp3) is 0.231. The van der Waals surface area contributed by atoms with Crippen molar-refractivity contribution < 1.29 is 9.66 Å². The summed E-state index contributed by atoms with van der Waals surface area (Å²) in [6, 6.07) is 21.9. The van der Waals surface area contributed by atoms with Gasteiger partial charge < -0.3 is 10.1 Å². The van der Waals surface area contributed by atoms with E-state index in [0.717, 1.165) is 29.0 Å². The molecule has 0 fully saturated rings. The van der Waals surface area contributed by atoms with Gasteiger partial charge in [0.25, 0.3) is 5.69 Å².